The smallest absolute Gasteiger partial charge is 0.310 e. The van der Waals surface area contributed by atoms with Crippen LogP contribution in [0.4, 0.5) is 0 Å². The van der Waals surface area contributed by atoms with Crippen molar-refractivity contribution in [2.45, 2.75) is 77.2 Å². The normalized spacial score (nSPS) is 18.5. The Kier molecular flexibility index (Phi) is 10.5. The third kappa shape index (κ3) is 8.07. The molecule has 0 bridgehead atoms. The summed E-state index contributed by atoms with van der Waals surface area (Å²) in [7, 11) is 0. The summed E-state index contributed by atoms with van der Waals surface area (Å²) in [5.41, 5.74) is 6.78. The highest BCUT2D eigenvalue weighted by atomic mass is 16.4. The standard InChI is InChI=1S/C41H46N4O4/c1-4-27-5-9-30(10-6-27)31-15-17-32(18-16-31)35-22-42-38(43-23-35)33-11-7-28(8-12-33)21-37(40(47)45-24-36(25-45)41(48)49)44-39(46)34-19-13-29(14-20-34)26(2)3/h7-8,11-20,22-23,26-27,30,36-37H,4-6,9-10,21,24-25H2,1-3H3,(H,44,46)(H,48,49)/t27?,30?,37-/m0/s1. The topological polar surface area (TPSA) is 112 Å². The van der Waals surface area contributed by atoms with Crippen LogP contribution in [0.2, 0.25) is 0 Å². The van der Waals surface area contributed by atoms with Crippen LogP contribution in [-0.2, 0) is 16.0 Å². The Hall–Kier alpha value is -4.85. The molecule has 0 radical (unpaired) electrons. The molecule has 8 heteroatoms. The molecule has 1 aliphatic heterocycles. The van der Waals surface area contributed by atoms with Gasteiger partial charge in [0.2, 0.25) is 5.91 Å². The Balaban J connectivity index is 1.11. The van der Waals surface area contributed by atoms with Gasteiger partial charge in [-0.2, -0.15) is 0 Å². The van der Waals surface area contributed by atoms with E-state index in [1.165, 1.54) is 42.6 Å². The Morgan fingerprint density at radius 3 is 2.00 bits per heavy atom. The molecule has 2 fully saturated rings. The fraction of sp³-hybridized carbons (Fsp3) is 0.390. The number of nitrogens with zero attached hydrogens (tertiary/aromatic N) is 3. The number of hydrogen-bond donors (Lipinski definition) is 2. The molecule has 0 unspecified atom stereocenters. The molecule has 0 spiro atoms. The number of nitrogens with one attached hydrogen (secondary N) is 1. The Morgan fingerprint density at radius 2 is 1.43 bits per heavy atom. The quantitative estimate of drug-likeness (QED) is 0.173. The fourth-order valence-corrected chi connectivity index (χ4v) is 7.00. The number of hydrogen-bond acceptors (Lipinski definition) is 5. The van der Waals surface area contributed by atoms with Gasteiger partial charge in [0.05, 0.1) is 5.92 Å². The predicted molar refractivity (Wildman–Crippen MR) is 191 cm³/mol. The maximum Gasteiger partial charge on any atom is 0.310 e. The van der Waals surface area contributed by atoms with Gasteiger partial charge in [-0.05, 0) is 77.8 Å². The number of rotatable bonds is 11. The van der Waals surface area contributed by atoms with Gasteiger partial charge in [-0.3, -0.25) is 14.4 Å². The predicted octanol–water partition coefficient (Wildman–Crippen LogP) is 7.50. The van der Waals surface area contributed by atoms with E-state index in [1.807, 2.05) is 48.8 Å². The van der Waals surface area contributed by atoms with Crippen molar-refractivity contribution in [3.63, 3.8) is 0 Å². The molecule has 49 heavy (non-hydrogen) atoms. The van der Waals surface area contributed by atoms with Gasteiger partial charge in [-0.15, -0.1) is 0 Å². The maximum atomic E-state index is 13.5. The third-order valence-corrected chi connectivity index (χ3v) is 10.4. The summed E-state index contributed by atoms with van der Waals surface area (Å²) in [5, 5.41) is 12.2. The van der Waals surface area contributed by atoms with Crippen molar-refractivity contribution in [3.05, 3.63) is 107 Å². The summed E-state index contributed by atoms with van der Waals surface area (Å²) >= 11 is 0. The molecule has 1 aliphatic carbocycles. The minimum atomic E-state index is -0.918. The van der Waals surface area contributed by atoms with E-state index in [4.69, 9.17) is 0 Å². The monoisotopic (exact) mass is 658 g/mol. The van der Waals surface area contributed by atoms with Crippen LogP contribution in [-0.4, -0.2) is 56.9 Å². The van der Waals surface area contributed by atoms with Gasteiger partial charge in [0.15, 0.2) is 5.82 Å². The van der Waals surface area contributed by atoms with Gasteiger partial charge >= 0.3 is 5.97 Å². The lowest BCUT2D eigenvalue weighted by atomic mass is 9.78. The van der Waals surface area contributed by atoms with E-state index in [0.29, 0.717) is 23.2 Å². The Bertz CT molecular complexity index is 1740. The third-order valence-electron chi connectivity index (χ3n) is 10.4. The molecule has 6 rings (SSSR count). The first-order chi connectivity index (χ1) is 23.7. The van der Waals surface area contributed by atoms with Gasteiger partial charge < -0.3 is 15.3 Å². The number of carboxylic acids is 1. The van der Waals surface area contributed by atoms with Gasteiger partial charge in [0.25, 0.3) is 5.91 Å². The van der Waals surface area contributed by atoms with Gasteiger partial charge in [0.1, 0.15) is 6.04 Å². The van der Waals surface area contributed by atoms with Crippen LogP contribution in [0.1, 0.15) is 91.8 Å². The number of amides is 2. The number of benzene rings is 3. The van der Waals surface area contributed by atoms with E-state index in [0.717, 1.165) is 33.7 Å². The number of aliphatic carboxylic acids is 1. The maximum absolute atomic E-state index is 13.5. The Labute approximate surface area is 289 Å². The van der Waals surface area contributed by atoms with Crippen LogP contribution in [0.5, 0.6) is 0 Å². The lowest BCUT2D eigenvalue weighted by Gasteiger charge is -2.39. The van der Waals surface area contributed by atoms with Crippen molar-refractivity contribution in [1.29, 1.82) is 0 Å². The van der Waals surface area contributed by atoms with Crippen molar-refractivity contribution >= 4 is 17.8 Å². The van der Waals surface area contributed by atoms with Gasteiger partial charge in [-0.1, -0.05) is 87.9 Å². The fourth-order valence-electron chi connectivity index (χ4n) is 7.00. The molecule has 4 aromatic rings. The van der Waals surface area contributed by atoms with E-state index in [2.05, 4.69) is 60.3 Å². The number of carboxylic acid groups (broad SMARTS) is 1. The summed E-state index contributed by atoms with van der Waals surface area (Å²) in [6, 6.07) is 23.1. The van der Waals surface area contributed by atoms with Crippen LogP contribution in [0.25, 0.3) is 22.5 Å². The highest BCUT2D eigenvalue weighted by Gasteiger charge is 2.38. The first-order valence-electron chi connectivity index (χ1n) is 17.6. The molecule has 1 aromatic heterocycles. The van der Waals surface area contributed by atoms with Gasteiger partial charge in [-0.25, -0.2) is 9.97 Å². The van der Waals surface area contributed by atoms with Crippen molar-refractivity contribution in [3.8, 4) is 22.5 Å². The zero-order valence-electron chi connectivity index (χ0n) is 28.6. The molecule has 2 aliphatic rings. The molecular formula is C41H46N4O4. The number of likely N-dealkylation sites (tertiary alicyclic amines) is 1. The number of aromatic nitrogens is 2. The van der Waals surface area contributed by atoms with E-state index < -0.39 is 17.9 Å². The highest BCUT2D eigenvalue weighted by Crippen LogP contribution is 2.37. The summed E-state index contributed by atoms with van der Waals surface area (Å²) in [4.78, 5) is 48.8. The molecule has 2 amide bonds. The summed E-state index contributed by atoms with van der Waals surface area (Å²) < 4.78 is 0. The Morgan fingerprint density at radius 1 is 0.816 bits per heavy atom. The highest BCUT2D eigenvalue weighted by molar-refractivity contribution is 5.98. The molecule has 2 N–H and O–H groups in total. The average molecular weight is 659 g/mol. The molecule has 1 saturated heterocycles. The van der Waals surface area contributed by atoms with Crippen LogP contribution >= 0.6 is 0 Å². The molecule has 2 heterocycles. The summed E-state index contributed by atoms with van der Waals surface area (Å²) in [6.07, 6.45) is 10.5. The van der Waals surface area contributed by atoms with E-state index in [1.54, 1.807) is 12.1 Å². The minimum absolute atomic E-state index is 0.139. The second-order valence-electron chi connectivity index (χ2n) is 14.0. The van der Waals surface area contributed by atoms with Crippen LogP contribution < -0.4 is 5.32 Å². The molecule has 1 saturated carbocycles. The lowest BCUT2D eigenvalue weighted by Crippen LogP contribution is -2.59. The zero-order valence-corrected chi connectivity index (χ0v) is 28.6. The van der Waals surface area contributed by atoms with Crippen LogP contribution in [0.3, 0.4) is 0 Å². The average Bonchev–Trinajstić information content (AvgIpc) is 3.11. The SMILES string of the molecule is CCC1CCC(c2ccc(-c3cnc(-c4ccc(C[C@H](NC(=O)c5ccc(C(C)C)cc5)C(=O)N5CC(C(=O)O)C5)cc4)nc3)cc2)CC1. The van der Waals surface area contributed by atoms with E-state index in [9.17, 15) is 19.5 Å². The molecule has 3 aromatic carbocycles. The van der Waals surface area contributed by atoms with Gasteiger partial charge in [0, 0.05) is 48.6 Å². The van der Waals surface area contributed by atoms with Crippen molar-refractivity contribution in [1.82, 2.24) is 20.2 Å². The molecule has 1 atom stereocenters. The van der Waals surface area contributed by atoms with Crippen molar-refractivity contribution in [2.24, 2.45) is 11.8 Å². The van der Waals surface area contributed by atoms with Crippen LogP contribution in [0.15, 0.2) is 85.2 Å². The van der Waals surface area contributed by atoms with Crippen molar-refractivity contribution < 1.29 is 19.5 Å². The molecular weight excluding hydrogens is 612 g/mol. The minimum Gasteiger partial charge on any atom is -0.481 e. The summed E-state index contributed by atoms with van der Waals surface area (Å²) in [6.45, 7) is 6.76. The van der Waals surface area contributed by atoms with Crippen LogP contribution in [0, 0.1) is 11.8 Å². The number of carbonyl (C=O) groups is 3. The lowest BCUT2D eigenvalue weighted by molar-refractivity contribution is -0.153. The second kappa shape index (κ2) is 15.1. The molecule has 254 valence electrons. The van der Waals surface area contributed by atoms with E-state index in [-0.39, 0.29) is 31.3 Å². The second-order valence-corrected chi connectivity index (χ2v) is 14.0. The van der Waals surface area contributed by atoms with E-state index >= 15 is 0 Å². The number of carbonyl (C=O) groups excluding carboxylic acids is 2. The first kappa shape index (κ1) is 34.0. The first-order valence-corrected chi connectivity index (χ1v) is 17.6. The molecule has 8 nitrogen and oxygen atoms in total. The summed E-state index contributed by atoms with van der Waals surface area (Å²) in [5.74, 6) is 0.356. The zero-order chi connectivity index (χ0) is 34.5. The largest absolute Gasteiger partial charge is 0.481 e. The van der Waals surface area contributed by atoms with Crippen molar-refractivity contribution in [2.75, 3.05) is 13.1 Å².